The zero-order chi connectivity index (χ0) is 12.7. The van der Waals surface area contributed by atoms with Gasteiger partial charge >= 0.3 is 0 Å². The van der Waals surface area contributed by atoms with E-state index < -0.39 is 5.92 Å². The molecular formula is C10H22N4O2. The van der Waals surface area contributed by atoms with Gasteiger partial charge in [0.1, 0.15) is 0 Å². The van der Waals surface area contributed by atoms with Crippen molar-refractivity contribution in [1.29, 1.82) is 0 Å². The maximum absolute atomic E-state index is 11.6. The molecule has 0 saturated carbocycles. The van der Waals surface area contributed by atoms with E-state index in [1.165, 1.54) is 0 Å². The van der Waals surface area contributed by atoms with E-state index in [1.807, 2.05) is 21.0 Å². The van der Waals surface area contributed by atoms with Crippen LogP contribution in [0.4, 0.5) is 0 Å². The molecule has 94 valence electrons. The molecule has 0 aromatic heterocycles. The Morgan fingerprint density at radius 3 is 2.50 bits per heavy atom. The first-order valence-corrected chi connectivity index (χ1v) is 5.31. The minimum absolute atomic E-state index is 0.0719. The summed E-state index contributed by atoms with van der Waals surface area (Å²) in [6.45, 7) is 4.43. The largest absolute Gasteiger partial charge is 0.409 e. The summed E-state index contributed by atoms with van der Waals surface area (Å²) in [5.74, 6) is -0.898. The van der Waals surface area contributed by atoms with Crippen LogP contribution in [0.5, 0.6) is 0 Å². The Bertz CT molecular complexity index is 253. The van der Waals surface area contributed by atoms with Gasteiger partial charge in [0.25, 0.3) is 0 Å². The van der Waals surface area contributed by atoms with Gasteiger partial charge in [-0.3, -0.25) is 4.79 Å². The highest BCUT2D eigenvalue weighted by molar-refractivity contribution is 6.01. The summed E-state index contributed by atoms with van der Waals surface area (Å²) in [6, 6.07) is 0.0730. The number of rotatable bonds is 6. The lowest BCUT2D eigenvalue weighted by Gasteiger charge is -2.18. The molecule has 4 N–H and O–H groups in total. The zero-order valence-electron chi connectivity index (χ0n) is 10.4. The van der Waals surface area contributed by atoms with E-state index in [4.69, 9.17) is 10.9 Å². The molecule has 0 bridgehead atoms. The lowest BCUT2D eigenvalue weighted by atomic mass is 10.1. The molecule has 6 heteroatoms. The number of nitrogens with zero attached hydrogens (tertiary/aromatic N) is 2. The van der Waals surface area contributed by atoms with Gasteiger partial charge in [-0.05, 0) is 40.9 Å². The first kappa shape index (κ1) is 14.7. The number of nitrogens with two attached hydrogens (primary N) is 1. The number of nitrogens with one attached hydrogen (secondary N) is 1. The predicted octanol–water partition coefficient (Wildman–Crippen LogP) is -0.175. The molecule has 2 atom stereocenters. The summed E-state index contributed by atoms with van der Waals surface area (Å²) >= 11 is 0. The van der Waals surface area contributed by atoms with Gasteiger partial charge < -0.3 is 21.2 Å². The third-order valence-electron chi connectivity index (χ3n) is 2.35. The molecule has 6 nitrogen and oxygen atoms in total. The summed E-state index contributed by atoms with van der Waals surface area (Å²) in [6.07, 6.45) is 0.863. The minimum atomic E-state index is -0.605. The van der Waals surface area contributed by atoms with Crippen LogP contribution < -0.4 is 11.1 Å². The zero-order valence-corrected chi connectivity index (χ0v) is 10.4. The molecule has 0 spiro atoms. The van der Waals surface area contributed by atoms with Gasteiger partial charge in [0.15, 0.2) is 5.84 Å². The second-order valence-electron chi connectivity index (χ2n) is 4.25. The van der Waals surface area contributed by atoms with Crippen LogP contribution in [0.25, 0.3) is 0 Å². The molecule has 0 aliphatic carbocycles. The van der Waals surface area contributed by atoms with Crippen LogP contribution in [-0.4, -0.2) is 48.5 Å². The van der Waals surface area contributed by atoms with Crippen LogP contribution >= 0.6 is 0 Å². The van der Waals surface area contributed by atoms with Crippen molar-refractivity contribution >= 4 is 11.7 Å². The van der Waals surface area contributed by atoms with Crippen molar-refractivity contribution in [2.45, 2.75) is 26.3 Å². The fraction of sp³-hybridized carbons (Fsp3) is 0.800. The Kier molecular flexibility index (Phi) is 6.48. The monoisotopic (exact) mass is 230 g/mol. The highest BCUT2D eigenvalue weighted by Gasteiger charge is 2.18. The molecule has 0 aromatic carbocycles. The summed E-state index contributed by atoms with van der Waals surface area (Å²) in [5, 5.41) is 14.1. The summed E-state index contributed by atoms with van der Waals surface area (Å²) in [5.41, 5.74) is 5.35. The minimum Gasteiger partial charge on any atom is -0.409 e. The Balaban J connectivity index is 4.04. The van der Waals surface area contributed by atoms with Crippen LogP contribution in [0.2, 0.25) is 0 Å². The van der Waals surface area contributed by atoms with E-state index in [0.29, 0.717) is 0 Å². The van der Waals surface area contributed by atoms with Crippen molar-refractivity contribution < 1.29 is 10.0 Å². The SMILES string of the molecule is CC(CCN(C)C)NC(=O)C(C)C(N)=NO. The Morgan fingerprint density at radius 1 is 1.50 bits per heavy atom. The van der Waals surface area contributed by atoms with Crippen molar-refractivity contribution in [3.63, 3.8) is 0 Å². The van der Waals surface area contributed by atoms with Crippen molar-refractivity contribution in [1.82, 2.24) is 10.2 Å². The lowest BCUT2D eigenvalue weighted by Crippen LogP contribution is -2.42. The number of amides is 1. The summed E-state index contributed by atoms with van der Waals surface area (Å²) < 4.78 is 0. The maximum atomic E-state index is 11.6. The van der Waals surface area contributed by atoms with Crippen LogP contribution in [0.15, 0.2) is 5.16 Å². The molecule has 0 aromatic rings. The smallest absolute Gasteiger partial charge is 0.230 e. The van der Waals surface area contributed by atoms with Crippen molar-refractivity contribution in [3.8, 4) is 0 Å². The molecule has 16 heavy (non-hydrogen) atoms. The fourth-order valence-corrected chi connectivity index (χ4v) is 1.11. The Labute approximate surface area is 96.5 Å². The van der Waals surface area contributed by atoms with Crippen LogP contribution in [0.3, 0.4) is 0 Å². The second-order valence-corrected chi connectivity index (χ2v) is 4.25. The predicted molar refractivity (Wildman–Crippen MR) is 63.3 cm³/mol. The second kappa shape index (κ2) is 7.05. The van der Waals surface area contributed by atoms with Crippen LogP contribution in [-0.2, 0) is 4.79 Å². The molecule has 1 amide bonds. The van der Waals surface area contributed by atoms with E-state index in [9.17, 15) is 4.79 Å². The van der Waals surface area contributed by atoms with Gasteiger partial charge in [-0.25, -0.2) is 0 Å². The average molecular weight is 230 g/mol. The van der Waals surface area contributed by atoms with Crippen LogP contribution in [0.1, 0.15) is 20.3 Å². The topological polar surface area (TPSA) is 91.0 Å². The highest BCUT2D eigenvalue weighted by Crippen LogP contribution is 1.98. The van der Waals surface area contributed by atoms with Gasteiger partial charge in [0, 0.05) is 6.04 Å². The van der Waals surface area contributed by atoms with Crippen molar-refractivity contribution in [3.05, 3.63) is 0 Å². The third-order valence-corrected chi connectivity index (χ3v) is 2.35. The van der Waals surface area contributed by atoms with Gasteiger partial charge in [-0.1, -0.05) is 5.16 Å². The first-order valence-electron chi connectivity index (χ1n) is 5.31. The Hall–Kier alpha value is -1.30. The number of hydrogen-bond acceptors (Lipinski definition) is 4. The fourth-order valence-electron chi connectivity index (χ4n) is 1.11. The summed E-state index contributed by atoms with van der Waals surface area (Å²) in [7, 11) is 3.96. The molecule has 2 unspecified atom stereocenters. The number of hydrogen-bond donors (Lipinski definition) is 3. The number of amidine groups is 1. The van der Waals surface area contributed by atoms with E-state index in [1.54, 1.807) is 6.92 Å². The molecule has 0 fully saturated rings. The number of carbonyl (C=O) groups is 1. The number of oxime groups is 1. The summed E-state index contributed by atoms with van der Waals surface area (Å²) in [4.78, 5) is 13.7. The van der Waals surface area contributed by atoms with Crippen LogP contribution in [0, 0.1) is 5.92 Å². The van der Waals surface area contributed by atoms with E-state index in [-0.39, 0.29) is 17.8 Å². The molecule has 0 aliphatic rings. The van der Waals surface area contributed by atoms with Gasteiger partial charge in [-0.15, -0.1) is 0 Å². The quantitative estimate of drug-likeness (QED) is 0.256. The lowest BCUT2D eigenvalue weighted by molar-refractivity contribution is -0.123. The van der Waals surface area contributed by atoms with Gasteiger partial charge in [0.2, 0.25) is 5.91 Å². The molecule has 0 rings (SSSR count). The van der Waals surface area contributed by atoms with E-state index in [0.717, 1.165) is 13.0 Å². The Morgan fingerprint density at radius 2 is 2.06 bits per heavy atom. The van der Waals surface area contributed by atoms with Gasteiger partial charge in [0.05, 0.1) is 5.92 Å². The molecule has 0 radical (unpaired) electrons. The third kappa shape index (κ3) is 5.55. The first-order chi connectivity index (χ1) is 7.38. The number of carbonyl (C=O) groups excluding carboxylic acids is 1. The standard InChI is InChI=1S/C10H22N4O2/c1-7(5-6-14(3)4)12-10(15)8(2)9(11)13-16/h7-8,16H,5-6H2,1-4H3,(H2,11,13)(H,12,15). The highest BCUT2D eigenvalue weighted by atomic mass is 16.4. The molecular weight excluding hydrogens is 208 g/mol. The van der Waals surface area contributed by atoms with Crippen molar-refractivity contribution in [2.75, 3.05) is 20.6 Å². The van der Waals surface area contributed by atoms with E-state index in [2.05, 4.69) is 15.4 Å². The van der Waals surface area contributed by atoms with E-state index >= 15 is 0 Å². The van der Waals surface area contributed by atoms with Crippen molar-refractivity contribution in [2.24, 2.45) is 16.8 Å². The molecule has 0 aliphatic heterocycles. The molecule has 0 saturated heterocycles. The maximum Gasteiger partial charge on any atom is 0.230 e. The van der Waals surface area contributed by atoms with Gasteiger partial charge in [-0.2, -0.15) is 0 Å². The molecule has 0 heterocycles. The average Bonchev–Trinajstić information content (AvgIpc) is 2.24. The normalized spacial score (nSPS) is 15.9.